The Balaban J connectivity index is 1.53. The lowest BCUT2D eigenvalue weighted by Crippen LogP contribution is -2.35. The number of carbonyl (C=O) groups is 1. The molecule has 0 bridgehead atoms. The van der Waals surface area contributed by atoms with Gasteiger partial charge in [0.1, 0.15) is 23.9 Å². The van der Waals surface area contributed by atoms with Gasteiger partial charge in [-0.2, -0.15) is 4.98 Å². The first-order valence-corrected chi connectivity index (χ1v) is 10.3. The molecular weight excluding hydrogens is 398 g/mol. The molecule has 2 aromatic heterocycles. The molecule has 9 heteroatoms. The minimum Gasteiger partial charge on any atom is -0.491 e. The Kier molecular flexibility index (Phi) is 3.80. The van der Waals surface area contributed by atoms with Gasteiger partial charge in [0.15, 0.2) is 5.58 Å². The number of fused-ring (bicyclic) bond motifs is 1. The maximum atomic E-state index is 11.7. The molecule has 31 heavy (non-hydrogen) atoms. The lowest BCUT2D eigenvalue weighted by molar-refractivity contribution is -0.138. The normalized spacial score (nSPS) is 18.2. The molecule has 9 nitrogen and oxygen atoms in total. The highest BCUT2D eigenvalue weighted by atomic mass is 16.5. The van der Waals surface area contributed by atoms with Crippen LogP contribution in [0.2, 0.25) is 0 Å². The number of nitrogens with zero attached hydrogens (tertiary/aromatic N) is 2. The highest BCUT2D eigenvalue weighted by molar-refractivity contribution is 6.07. The molecule has 2 aliphatic rings. The first-order valence-electron chi connectivity index (χ1n) is 10.3. The van der Waals surface area contributed by atoms with Gasteiger partial charge in [-0.05, 0) is 37.1 Å². The van der Waals surface area contributed by atoms with Crippen LogP contribution in [0.25, 0.3) is 33.3 Å². The summed E-state index contributed by atoms with van der Waals surface area (Å²) in [5, 5.41) is 14.0. The largest absolute Gasteiger partial charge is 0.491 e. The Morgan fingerprint density at radius 3 is 3.06 bits per heavy atom. The third-order valence-electron chi connectivity index (χ3n) is 6.07. The molecule has 0 amide bonds. The number of aromatic amines is 1. The standard InChI is InChI=1S/C22H21N5O4/c23-22-26-13-8-11(3-4-16(13)31-22)19-20-18-14(25-19)9-12(10-17(18)30-7-5-24-20)27-6-1-2-15(27)21(28)29/h3-4,8-10,15,24-25H,1-2,5-7H2,(H2,23,26)(H,28,29)/t15-/m0/s1. The predicted molar refractivity (Wildman–Crippen MR) is 118 cm³/mol. The average molecular weight is 419 g/mol. The van der Waals surface area contributed by atoms with E-state index in [-0.39, 0.29) is 6.01 Å². The SMILES string of the molecule is Nc1nc2cc(-c3[nH]c4cc(N5CCC[C@H]5C(=O)O)cc5c4c3NCCO5)ccc2o1. The van der Waals surface area contributed by atoms with Gasteiger partial charge in [-0.3, -0.25) is 0 Å². The zero-order valence-corrected chi connectivity index (χ0v) is 16.6. The van der Waals surface area contributed by atoms with Crippen LogP contribution >= 0.6 is 0 Å². The Morgan fingerprint density at radius 1 is 1.29 bits per heavy atom. The first kappa shape index (κ1) is 17.9. The molecule has 1 fully saturated rings. The van der Waals surface area contributed by atoms with Crippen LogP contribution in [-0.2, 0) is 4.79 Å². The topological polar surface area (TPSA) is 130 Å². The average Bonchev–Trinajstić information content (AvgIpc) is 3.42. The second-order valence-electron chi connectivity index (χ2n) is 7.94. The number of hydrogen-bond donors (Lipinski definition) is 4. The minimum atomic E-state index is -0.793. The summed E-state index contributed by atoms with van der Waals surface area (Å²) in [5.74, 6) is -0.0445. The Bertz CT molecular complexity index is 1340. The molecule has 1 saturated heterocycles. The summed E-state index contributed by atoms with van der Waals surface area (Å²) < 4.78 is 11.4. The van der Waals surface area contributed by atoms with E-state index >= 15 is 0 Å². The molecule has 158 valence electrons. The van der Waals surface area contributed by atoms with Crippen molar-refractivity contribution in [2.45, 2.75) is 18.9 Å². The number of oxazole rings is 1. The van der Waals surface area contributed by atoms with Gasteiger partial charge in [-0.15, -0.1) is 0 Å². The van der Waals surface area contributed by atoms with Crippen LogP contribution in [-0.4, -0.2) is 46.8 Å². The van der Waals surface area contributed by atoms with E-state index < -0.39 is 12.0 Å². The minimum absolute atomic E-state index is 0.138. The highest BCUT2D eigenvalue weighted by Crippen LogP contribution is 2.44. The number of benzene rings is 2. The molecule has 2 aromatic carbocycles. The van der Waals surface area contributed by atoms with Crippen LogP contribution in [0.15, 0.2) is 34.7 Å². The fraction of sp³-hybridized carbons (Fsp3) is 0.273. The number of H-pyrrole nitrogens is 1. The van der Waals surface area contributed by atoms with Crippen LogP contribution in [0, 0.1) is 0 Å². The van der Waals surface area contributed by atoms with E-state index in [9.17, 15) is 9.90 Å². The van der Waals surface area contributed by atoms with Gasteiger partial charge in [0, 0.05) is 30.4 Å². The van der Waals surface area contributed by atoms with Crippen molar-refractivity contribution in [1.29, 1.82) is 0 Å². The quantitative estimate of drug-likeness (QED) is 0.397. The van der Waals surface area contributed by atoms with Gasteiger partial charge < -0.3 is 35.2 Å². The van der Waals surface area contributed by atoms with Crippen molar-refractivity contribution in [3.63, 3.8) is 0 Å². The zero-order chi connectivity index (χ0) is 21.1. The van der Waals surface area contributed by atoms with Crippen molar-refractivity contribution in [3.8, 4) is 17.0 Å². The molecule has 1 atom stereocenters. The van der Waals surface area contributed by atoms with Gasteiger partial charge in [-0.25, -0.2) is 4.79 Å². The number of aromatic nitrogens is 2. The van der Waals surface area contributed by atoms with Gasteiger partial charge in [0.05, 0.1) is 22.3 Å². The molecule has 4 heterocycles. The van der Waals surface area contributed by atoms with Gasteiger partial charge in [0.2, 0.25) is 0 Å². The maximum Gasteiger partial charge on any atom is 0.326 e. The molecule has 0 radical (unpaired) electrons. The van der Waals surface area contributed by atoms with Crippen LogP contribution in [0.4, 0.5) is 17.4 Å². The summed E-state index contributed by atoms with van der Waals surface area (Å²) in [7, 11) is 0. The number of nitrogens with two attached hydrogens (primary N) is 1. The van der Waals surface area contributed by atoms with Gasteiger partial charge >= 0.3 is 5.97 Å². The third-order valence-corrected chi connectivity index (χ3v) is 6.07. The highest BCUT2D eigenvalue weighted by Gasteiger charge is 2.32. The van der Waals surface area contributed by atoms with E-state index in [1.807, 2.05) is 35.2 Å². The van der Waals surface area contributed by atoms with Crippen LogP contribution in [0.5, 0.6) is 5.75 Å². The van der Waals surface area contributed by atoms with E-state index in [1.54, 1.807) is 0 Å². The van der Waals surface area contributed by atoms with Crippen molar-refractivity contribution >= 4 is 45.4 Å². The molecule has 2 aliphatic heterocycles. The maximum absolute atomic E-state index is 11.7. The number of aliphatic carboxylic acids is 1. The second kappa shape index (κ2) is 6.56. The number of ether oxygens (including phenoxy) is 1. The smallest absolute Gasteiger partial charge is 0.326 e. The van der Waals surface area contributed by atoms with Crippen LogP contribution in [0.3, 0.4) is 0 Å². The van der Waals surface area contributed by atoms with Crippen molar-refractivity contribution in [3.05, 3.63) is 30.3 Å². The summed E-state index contributed by atoms with van der Waals surface area (Å²) in [6, 6.07) is 9.35. The van der Waals surface area contributed by atoms with E-state index in [1.165, 1.54) is 0 Å². The van der Waals surface area contributed by atoms with Crippen LogP contribution < -0.4 is 20.7 Å². The molecule has 0 aliphatic carbocycles. The number of rotatable bonds is 3. The van der Waals surface area contributed by atoms with Gasteiger partial charge in [-0.1, -0.05) is 0 Å². The van der Waals surface area contributed by atoms with Crippen LogP contribution in [0.1, 0.15) is 12.8 Å². The van der Waals surface area contributed by atoms with Crippen molar-refractivity contribution in [2.24, 2.45) is 0 Å². The predicted octanol–water partition coefficient (Wildman–Crippen LogP) is 3.42. The number of nitrogen functional groups attached to an aromatic ring is 1. The van der Waals surface area contributed by atoms with Gasteiger partial charge in [0.25, 0.3) is 6.01 Å². The summed E-state index contributed by atoms with van der Waals surface area (Å²) >= 11 is 0. The number of anilines is 3. The summed E-state index contributed by atoms with van der Waals surface area (Å²) in [5.41, 5.74) is 11.6. The Labute approximate surface area is 176 Å². The van der Waals surface area contributed by atoms with E-state index in [2.05, 4.69) is 15.3 Å². The number of hydrogen-bond acceptors (Lipinski definition) is 7. The summed E-state index contributed by atoms with van der Waals surface area (Å²) in [6.07, 6.45) is 1.50. The lowest BCUT2D eigenvalue weighted by Gasteiger charge is -2.24. The van der Waals surface area contributed by atoms with E-state index in [0.29, 0.717) is 37.2 Å². The Morgan fingerprint density at radius 2 is 2.19 bits per heavy atom. The number of nitrogens with one attached hydrogen (secondary N) is 2. The van der Waals surface area contributed by atoms with E-state index in [4.69, 9.17) is 14.9 Å². The third kappa shape index (κ3) is 2.77. The molecule has 6 rings (SSSR count). The number of carboxylic acid groups (broad SMARTS) is 1. The molecule has 0 saturated carbocycles. The molecule has 0 spiro atoms. The van der Waals surface area contributed by atoms with Crippen molar-refractivity contribution < 1.29 is 19.1 Å². The molecule has 0 unspecified atom stereocenters. The van der Waals surface area contributed by atoms with Crippen molar-refractivity contribution in [1.82, 2.24) is 9.97 Å². The fourth-order valence-electron chi connectivity index (χ4n) is 4.72. The number of carboxylic acids is 1. The first-order chi connectivity index (χ1) is 15.1. The van der Waals surface area contributed by atoms with E-state index in [0.717, 1.165) is 45.7 Å². The van der Waals surface area contributed by atoms with Crippen molar-refractivity contribution in [2.75, 3.05) is 35.6 Å². The lowest BCUT2D eigenvalue weighted by atomic mass is 10.1. The monoisotopic (exact) mass is 419 g/mol. The molecule has 5 N–H and O–H groups in total. The fourth-order valence-corrected chi connectivity index (χ4v) is 4.72. The second-order valence-corrected chi connectivity index (χ2v) is 7.94. The Hall–Kier alpha value is -3.88. The zero-order valence-electron chi connectivity index (χ0n) is 16.6. The molecular formula is C22H21N5O4. The summed E-state index contributed by atoms with van der Waals surface area (Å²) in [4.78, 5) is 21.4. The summed E-state index contributed by atoms with van der Waals surface area (Å²) in [6.45, 7) is 1.89. The molecule has 4 aromatic rings.